The van der Waals surface area contributed by atoms with E-state index in [0.29, 0.717) is 21.8 Å². The number of methoxy groups -OCH3 is 2. The topological polar surface area (TPSA) is 111 Å². The van der Waals surface area contributed by atoms with Gasteiger partial charge in [-0.25, -0.2) is 9.18 Å². The highest BCUT2D eigenvalue weighted by atomic mass is 79.9. The second-order valence-electron chi connectivity index (χ2n) is 6.73. The molecule has 1 aliphatic rings. The molecule has 2 aromatic rings. The molecule has 178 valence electrons. The highest BCUT2D eigenvalue weighted by molar-refractivity contribution is 9.10. The molecule has 0 bridgehead atoms. The Morgan fingerprint density at radius 1 is 1.21 bits per heavy atom. The van der Waals surface area contributed by atoms with Gasteiger partial charge in [0.2, 0.25) is 5.91 Å². The van der Waals surface area contributed by atoms with Crippen molar-refractivity contribution in [3.05, 3.63) is 57.2 Å². The molecular formula is C22H18BrFN2O7S. The number of amides is 3. The van der Waals surface area contributed by atoms with Crippen molar-refractivity contribution >= 4 is 62.5 Å². The highest BCUT2D eigenvalue weighted by Crippen LogP contribution is 2.39. The van der Waals surface area contributed by atoms with Crippen LogP contribution in [0.3, 0.4) is 0 Å². The quantitative estimate of drug-likeness (QED) is 0.388. The lowest BCUT2D eigenvalue weighted by atomic mass is 10.2. The van der Waals surface area contributed by atoms with Crippen molar-refractivity contribution in [1.29, 1.82) is 0 Å². The Hall–Kier alpha value is -3.38. The zero-order valence-corrected chi connectivity index (χ0v) is 20.3. The summed E-state index contributed by atoms with van der Waals surface area (Å²) in [6.45, 7) is -0.854. The standard InChI is InChI=1S/C22H18BrFN2O7S/c1-31-16-7-12(6-15(23)20(16)33-11-19(28)32-2)8-17-21(29)26(22(30)34-17)10-18(27)25-14-5-3-4-13(24)9-14/h3-9H,10-11H2,1-2H3,(H,25,27)/b17-8+. The SMILES string of the molecule is COC(=O)COc1c(Br)cc(/C=C2/SC(=O)N(CC(=O)Nc3cccc(F)c3)C2=O)cc1OC. The molecule has 0 aromatic heterocycles. The molecule has 1 heterocycles. The summed E-state index contributed by atoms with van der Waals surface area (Å²) in [5.41, 5.74) is 0.711. The zero-order chi connectivity index (χ0) is 24.8. The molecule has 1 saturated heterocycles. The van der Waals surface area contributed by atoms with Crippen LogP contribution in [0, 0.1) is 5.82 Å². The number of nitrogens with zero attached hydrogens (tertiary/aromatic N) is 1. The van der Waals surface area contributed by atoms with Crippen LogP contribution >= 0.6 is 27.7 Å². The van der Waals surface area contributed by atoms with Gasteiger partial charge in [-0.15, -0.1) is 0 Å². The van der Waals surface area contributed by atoms with Gasteiger partial charge in [-0.1, -0.05) is 6.07 Å². The fraction of sp³-hybridized carbons (Fsp3) is 0.182. The monoisotopic (exact) mass is 552 g/mol. The number of hydrogen-bond acceptors (Lipinski definition) is 8. The van der Waals surface area contributed by atoms with Crippen LogP contribution in [0.5, 0.6) is 11.5 Å². The molecule has 0 spiro atoms. The molecule has 0 radical (unpaired) electrons. The Bertz CT molecular complexity index is 1190. The number of anilines is 1. The molecule has 0 atom stereocenters. The first kappa shape index (κ1) is 25.2. The van der Waals surface area contributed by atoms with Crippen molar-refractivity contribution in [3.8, 4) is 11.5 Å². The fourth-order valence-corrected chi connectivity index (χ4v) is 4.26. The number of thioether (sulfide) groups is 1. The largest absolute Gasteiger partial charge is 0.493 e. The zero-order valence-electron chi connectivity index (χ0n) is 17.9. The number of ether oxygens (including phenoxy) is 3. The van der Waals surface area contributed by atoms with Crippen LogP contribution in [-0.4, -0.2) is 55.3 Å². The number of carbonyl (C=O) groups excluding carboxylic acids is 4. The molecule has 12 heteroatoms. The van der Waals surface area contributed by atoms with Crippen LogP contribution < -0.4 is 14.8 Å². The van der Waals surface area contributed by atoms with Crippen molar-refractivity contribution in [3.63, 3.8) is 0 Å². The smallest absolute Gasteiger partial charge is 0.343 e. The van der Waals surface area contributed by atoms with Crippen LogP contribution in [0.15, 0.2) is 45.8 Å². The molecule has 3 amide bonds. The van der Waals surface area contributed by atoms with Crippen molar-refractivity contribution in [2.24, 2.45) is 0 Å². The van der Waals surface area contributed by atoms with E-state index in [1.807, 2.05) is 0 Å². The van der Waals surface area contributed by atoms with E-state index in [2.05, 4.69) is 26.0 Å². The van der Waals surface area contributed by atoms with Gasteiger partial charge in [-0.2, -0.15) is 0 Å². The summed E-state index contributed by atoms with van der Waals surface area (Å²) < 4.78 is 29.0. The highest BCUT2D eigenvalue weighted by Gasteiger charge is 2.36. The first-order valence-corrected chi connectivity index (χ1v) is 11.2. The van der Waals surface area contributed by atoms with Crippen LogP contribution in [0.25, 0.3) is 6.08 Å². The minimum absolute atomic E-state index is 0.0979. The van der Waals surface area contributed by atoms with Crippen molar-refractivity contribution in [1.82, 2.24) is 4.90 Å². The summed E-state index contributed by atoms with van der Waals surface area (Å²) in [5.74, 6) is -1.87. The van der Waals surface area contributed by atoms with Gasteiger partial charge in [-0.05, 0) is 69.7 Å². The van der Waals surface area contributed by atoms with E-state index in [0.717, 1.165) is 11.0 Å². The second kappa shape index (κ2) is 11.2. The third-order valence-electron chi connectivity index (χ3n) is 4.40. The third-order valence-corrected chi connectivity index (χ3v) is 5.89. The lowest BCUT2D eigenvalue weighted by Crippen LogP contribution is -2.36. The Balaban J connectivity index is 1.74. The molecule has 9 nitrogen and oxygen atoms in total. The summed E-state index contributed by atoms with van der Waals surface area (Å²) in [4.78, 5) is 49.6. The van der Waals surface area contributed by atoms with Crippen molar-refractivity contribution in [2.75, 3.05) is 32.7 Å². The Labute approximate surface area is 206 Å². The lowest BCUT2D eigenvalue weighted by Gasteiger charge is -2.13. The number of nitrogens with one attached hydrogen (secondary N) is 1. The summed E-state index contributed by atoms with van der Waals surface area (Å²) in [6, 6.07) is 8.42. The number of carbonyl (C=O) groups is 4. The van der Waals surface area contributed by atoms with E-state index >= 15 is 0 Å². The molecule has 34 heavy (non-hydrogen) atoms. The number of benzene rings is 2. The van der Waals surface area contributed by atoms with Crippen LogP contribution in [0.2, 0.25) is 0 Å². The Kier molecular flexibility index (Phi) is 8.29. The predicted octanol–water partition coefficient (Wildman–Crippen LogP) is 3.82. The molecule has 1 aliphatic heterocycles. The lowest BCUT2D eigenvalue weighted by molar-refractivity contribution is -0.143. The van der Waals surface area contributed by atoms with Crippen LogP contribution in [0.4, 0.5) is 14.9 Å². The van der Waals surface area contributed by atoms with E-state index < -0.39 is 35.4 Å². The van der Waals surface area contributed by atoms with Gasteiger partial charge < -0.3 is 19.5 Å². The van der Waals surface area contributed by atoms with Gasteiger partial charge in [0, 0.05) is 5.69 Å². The number of esters is 1. The van der Waals surface area contributed by atoms with Crippen LogP contribution in [-0.2, 0) is 19.1 Å². The molecule has 0 aliphatic carbocycles. The van der Waals surface area contributed by atoms with Gasteiger partial charge in [0.15, 0.2) is 18.1 Å². The van der Waals surface area contributed by atoms with E-state index in [4.69, 9.17) is 9.47 Å². The number of halogens is 2. The summed E-state index contributed by atoms with van der Waals surface area (Å²) >= 11 is 4.01. The maximum Gasteiger partial charge on any atom is 0.343 e. The maximum absolute atomic E-state index is 13.3. The Morgan fingerprint density at radius 3 is 2.65 bits per heavy atom. The summed E-state index contributed by atoms with van der Waals surface area (Å²) in [5, 5.41) is 1.83. The van der Waals surface area contributed by atoms with E-state index in [1.54, 1.807) is 12.1 Å². The average Bonchev–Trinajstić information content (AvgIpc) is 3.04. The predicted molar refractivity (Wildman–Crippen MR) is 126 cm³/mol. The van der Waals surface area contributed by atoms with Gasteiger partial charge >= 0.3 is 5.97 Å². The van der Waals surface area contributed by atoms with E-state index in [1.165, 1.54) is 38.5 Å². The second-order valence-corrected chi connectivity index (χ2v) is 8.57. The fourth-order valence-electron chi connectivity index (χ4n) is 2.85. The van der Waals surface area contributed by atoms with Gasteiger partial charge in [-0.3, -0.25) is 19.3 Å². The molecule has 0 unspecified atom stereocenters. The molecule has 2 aromatic carbocycles. The van der Waals surface area contributed by atoms with Crippen molar-refractivity contribution in [2.45, 2.75) is 0 Å². The number of hydrogen-bond donors (Lipinski definition) is 1. The van der Waals surface area contributed by atoms with E-state index in [9.17, 15) is 23.6 Å². The first-order chi connectivity index (χ1) is 16.2. The molecular weight excluding hydrogens is 535 g/mol. The average molecular weight is 553 g/mol. The molecule has 3 rings (SSSR count). The molecule has 1 N–H and O–H groups in total. The van der Waals surface area contributed by atoms with Gasteiger partial charge in [0.1, 0.15) is 12.4 Å². The number of rotatable bonds is 8. The first-order valence-electron chi connectivity index (χ1n) is 9.59. The van der Waals surface area contributed by atoms with Crippen molar-refractivity contribution < 1.29 is 37.8 Å². The maximum atomic E-state index is 13.3. The van der Waals surface area contributed by atoms with E-state index in [-0.39, 0.29) is 28.7 Å². The Morgan fingerprint density at radius 2 is 1.97 bits per heavy atom. The van der Waals surface area contributed by atoms with Gasteiger partial charge in [0.25, 0.3) is 11.1 Å². The molecule has 1 fully saturated rings. The summed E-state index contributed by atoms with van der Waals surface area (Å²) in [7, 11) is 2.64. The molecule has 0 saturated carbocycles. The normalized spacial score (nSPS) is 14.4. The minimum atomic E-state index is -0.648. The minimum Gasteiger partial charge on any atom is -0.493 e. The third kappa shape index (κ3) is 6.14. The number of imide groups is 1. The van der Waals surface area contributed by atoms with Crippen LogP contribution in [0.1, 0.15) is 5.56 Å². The summed E-state index contributed by atoms with van der Waals surface area (Å²) in [6.07, 6.45) is 1.47. The van der Waals surface area contributed by atoms with Gasteiger partial charge in [0.05, 0.1) is 23.6 Å².